The number of ether oxygens (including phenoxy) is 1. The second-order valence-electron chi connectivity index (χ2n) is 5.92. The molecule has 7 heteroatoms. The minimum absolute atomic E-state index is 0.154. The summed E-state index contributed by atoms with van der Waals surface area (Å²) in [4.78, 5) is 18.9. The van der Waals surface area contributed by atoms with Crippen LogP contribution in [0.3, 0.4) is 0 Å². The minimum atomic E-state index is -0.154. The maximum atomic E-state index is 12.8. The lowest BCUT2D eigenvalue weighted by molar-refractivity contribution is 0.0718. The lowest BCUT2D eigenvalue weighted by Gasteiger charge is -2.22. The first-order valence-corrected chi connectivity index (χ1v) is 8.53. The largest absolute Gasteiger partial charge is 0.381 e. The SMILES string of the molecule is CCN(C[C@H]1CCOC1)C(=O)c1nc(C)n(-c2ccccc2Cl)n1. The van der Waals surface area contributed by atoms with Gasteiger partial charge < -0.3 is 9.64 Å². The van der Waals surface area contributed by atoms with Crippen LogP contribution in [-0.2, 0) is 4.74 Å². The number of amides is 1. The Morgan fingerprint density at radius 2 is 2.25 bits per heavy atom. The molecule has 0 saturated carbocycles. The summed E-state index contributed by atoms with van der Waals surface area (Å²) in [5, 5.41) is 4.95. The Balaban J connectivity index is 1.82. The molecule has 1 aliphatic rings. The second kappa shape index (κ2) is 7.32. The van der Waals surface area contributed by atoms with E-state index in [9.17, 15) is 4.79 Å². The van der Waals surface area contributed by atoms with Gasteiger partial charge in [0.15, 0.2) is 0 Å². The molecule has 2 aromatic rings. The van der Waals surface area contributed by atoms with Crippen molar-refractivity contribution >= 4 is 17.5 Å². The number of aryl methyl sites for hydroxylation is 1. The van der Waals surface area contributed by atoms with Crippen molar-refractivity contribution in [3.8, 4) is 5.69 Å². The van der Waals surface area contributed by atoms with Crippen molar-refractivity contribution in [2.75, 3.05) is 26.3 Å². The Labute approximate surface area is 146 Å². The Morgan fingerprint density at radius 1 is 1.46 bits per heavy atom. The third kappa shape index (κ3) is 3.44. The fourth-order valence-corrected chi connectivity index (χ4v) is 3.08. The van der Waals surface area contributed by atoms with Crippen LogP contribution in [-0.4, -0.2) is 51.9 Å². The topological polar surface area (TPSA) is 60.2 Å². The van der Waals surface area contributed by atoms with Gasteiger partial charge in [0.25, 0.3) is 5.91 Å². The van der Waals surface area contributed by atoms with E-state index in [1.807, 2.05) is 32.0 Å². The molecule has 0 unspecified atom stereocenters. The fraction of sp³-hybridized carbons (Fsp3) is 0.471. The number of aromatic nitrogens is 3. The minimum Gasteiger partial charge on any atom is -0.381 e. The molecule has 1 aromatic carbocycles. The molecule has 0 N–H and O–H groups in total. The monoisotopic (exact) mass is 348 g/mol. The van der Waals surface area contributed by atoms with Crippen LogP contribution in [0, 0.1) is 12.8 Å². The number of rotatable bonds is 5. The normalized spacial score (nSPS) is 17.2. The molecule has 1 aromatic heterocycles. The Kier molecular flexibility index (Phi) is 5.16. The van der Waals surface area contributed by atoms with Gasteiger partial charge in [-0.2, -0.15) is 0 Å². The predicted molar refractivity (Wildman–Crippen MR) is 91.6 cm³/mol. The molecule has 6 nitrogen and oxygen atoms in total. The van der Waals surface area contributed by atoms with Crippen LogP contribution < -0.4 is 0 Å². The van der Waals surface area contributed by atoms with Crippen molar-refractivity contribution < 1.29 is 9.53 Å². The zero-order valence-corrected chi connectivity index (χ0v) is 14.7. The molecule has 3 rings (SSSR count). The van der Waals surface area contributed by atoms with Crippen LogP contribution >= 0.6 is 11.6 Å². The van der Waals surface area contributed by atoms with Gasteiger partial charge in [-0.3, -0.25) is 4.79 Å². The van der Waals surface area contributed by atoms with Crippen LogP contribution in [0.5, 0.6) is 0 Å². The van der Waals surface area contributed by atoms with Gasteiger partial charge in [0.1, 0.15) is 5.82 Å². The van der Waals surface area contributed by atoms with Crippen LogP contribution in [0.4, 0.5) is 0 Å². The molecular formula is C17H21ClN4O2. The number of hydrogen-bond donors (Lipinski definition) is 0. The van der Waals surface area contributed by atoms with Crippen LogP contribution in [0.2, 0.25) is 5.02 Å². The van der Waals surface area contributed by atoms with Crippen molar-refractivity contribution in [3.63, 3.8) is 0 Å². The Morgan fingerprint density at radius 3 is 2.92 bits per heavy atom. The quantitative estimate of drug-likeness (QED) is 0.833. The number of benzene rings is 1. The summed E-state index contributed by atoms with van der Waals surface area (Å²) in [5.41, 5.74) is 0.718. The summed E-state index contributed by atoms with van der Waals surface area (Å²) in [6.45, 7) is 6.56. The van der Waals surface area contributed by atoms with Gasteiger partial charge in [-0.1, -0.05) is 23.7 Å². The molecule has 1 saturated heterocycles. The molecular weight excluding hydrogens is 328 g/mol. The Hall–Kier alpha value is -1.92. The summed E-state index contributed by atoms with van der Waals surface area (Å²) >= 11 is 6.22. The molecule has 24 heavy (non-hydrogen) atoms. The average molecular weight is 349 g/mol. The van der Waals surface area contributed by atoms with Crippen molar-refractivity contribution in [2.45, 2.75) is 20.3 Å². The van der Waals surface area contributed by atoms with Crippen LogP contribution in [0.25, 0.3) is 5.69 Å². The van der Waals surface area contributed by atoms with Gasteiger partial charge in [0, 0.05) is 25.6 Å². The first-order chi connectivity index (χ1) is 11.6. The van der Waals surface area contributed by atoms with Gasteiger partial charge in [0.05, 0.1) is 17.3 Å². The molecule has 128 valence electrons. The summed E-state index contributed by atoms with van der Waals surface area (Å²) in [6.07, 6.45) is 0.990. The number of nitrogens with zero attached hydrogens (tertiary/aromatic N) is 4. The van der Waals surface area contributed by atoms with E-state index in [0.29, 0.717) is 36.5 Å². The van der Waals surface area contributed by atoms with Gasteiger partial charge in [-0.05, 0) is 32.4 Å². The van der Waals surface area contributed by atoms with E-state index < -0.39 is 0 Å². The highest BCUT2D eigenvalue weighted by atomic mass is 35.5. The molecule has 2 heterocycles. The molecule has 1 amide bonds. The maximum absolute atomic E-state index is 12.8. The van der Waals surface area contributed by atoms with Crippen molar-refractivity contribution in [2.24, 2.45) is 5.92 Å². The van der Waals surface area contributed by atoms with Crippen LogP contribution in [0.1, 0.15) is 29.8 Å². The van der Waals surface area contributed by atoms with E-state index in [1.165, 1.54) is 0 Å². The van der Waals surface area contributed by atoms with E-state index in [4.69, 9.17) is 16.3 Å². The molecule has 0 aliphatic carbocycles. The van der Waals surface area contributed by atoms with Crippen molar-refractivity contribution in [3.05, 3.63) is 40.9 Å². The molecule has 1 atom stereocenters. The van der Waals surface area contributed by atoms with Crippen molar-refractivity contribution in [1.29, 1.82) is 0 Å². The zero-order chi connectivity index (χ0) is 17.1. The van der Waals surface area contributed by atoms with E-state index in [-0.39, 0.29) is 11.7 Å². The molecule has 1 fully saturated rings. The summed E-state index contributed by atoms with van der Waals surface area (Å²) in [7, 11) is 0. The smallest absolute Gasteiger partial charge is 0.293 e. The van der Waals surface area contributed by atoms with Gasteiger partial charge in [-0.25, -0.2) is 9.67 Å². The summed E-state index contributed by atoms with van der Waals surface area (Å²) in [6, 6.07) is 7.37. The molecule has 0 bridgehead atoms. The summed E-state index contributed by atoms with van der Waals surface area (Å²) < 4.78 is 7.01. The number of para-hydroxylation sites is 1. The first-order valence-electron chi connectivity index (χ1n) is 8.15. The highest BCUT2D eigenvalue weighted by molar-refractivity contribution is 6.32. The van der Waals surface area contributed by atoms with Crippen LogP contribution in [0.15, 0.2) is 24.3 Å². The highest BCUT2D eigenvalue weighted by Gasteiger charge is 2.25. The Bertz CT molecular complexity index is 725. The van der Waals surface area contributed by atoms with Crippen molar-refractivity contribution in [1.82, 2.24) is 19.7 Å². The zero-order valence-electron chi connectivity index (χ0n) is 13.9. The predicted octanol–water partition coefficient (Wildman–Crippen LogP) is 2.73. The lowest BCUT2D eigenvalue weighted by Crippen LogP contribution is -2.36. The third-order valence-corrected chi connectivity index (χ3v) is 4.53. The van der Waals surface area contributed by atoms with E-state index in [1.54, 1.807) is 15.6 Å². The number of carbonyl (C=O) groups is 1. The van der Waals surface area contributed by atoms with E-state index >= 15 is 0 Å². The number of carbonyl (C=O) groups excluding carboxylic acids is 1. The standard InChI is InChI=1S/C17H21ClN4O2/c1-3-21(10-13-8-9-24-11-13)17(23)16-19-12(2)22(20-16)15-7-5-4-6-14(15)18/h4-7,13H,3,8-11H2,1-2H3/t13-/m1/s1. The van der Waals surface area contributed by atoms with E-state index in [0.717, 1.165) is 18.7 Å². The third-order valence-electron chi connectivity index (χ3n) is 4.21. The lowest BCUT2D eigenvalue weighted by atomic mass is 10.1. The summed E-state index contributed by atoms with van der Waals surface area (Å²) in [5.74, 6) is 1.07. The van der Waals surface area contributed by atoms with E-state index in [2.05, 4.69) is 10.1 Å². The maximum Gasteiger partial charge on any atom is 0.293 e. The van der Waals surface area contributed by atoms with Gasteiger partial charge >= 0.3 is 0 Å². The number of hydrogen-bond acceptors (Lipinski definition) is 4. The van der Waals surface area contributed by atoms with Gasteiger partial charge in [0.2, 0.25) is 5.82 Å². The molecule has 0 radical (unpaired) electrons. The fourth-order valence-electron chi connectivity index (χ4n) is 2.87. The average Bonchev–Trinajstić information content (AvgIpc) is 3.22. The second-order valence-corrected chi connectivity index (χ2v) is 6.33. The first kappa shape index (κ1) is 16.9. The van der Waals surface area contributed by atoms with Gasteiger partial charge in [-0.15, -0.1) is 5.10 Å². The molecule has 0 spiro atoms. The molecule has 1 aliphatic heterocycles. The number of halogens is 1. The highest BCUT2D eigenvalue weighted by Crippen LogP contribution is 2.21.